The van der Waals surface area contributed by atoms with E-state index in [2.05, 4.69) is 17.6 Å². The highest BCUT2D eigenvalue weighted by Gasteiger charge is 2.38. The number of aromatic hydroxyl groups is 1. The van der Waals surface area contributed by atoms with Crippen LogP contribution in [0.5, 0.6) is 5.75 Å². The van der Waals surface area contributed by atoms with Crippen molar-refractivity contribution in [3.05, 3.63) is 23.8 Å². The number of piperidine rings is 1. The van der Waals surface area contributed by atoms with Crippen LogP contribution >= 0.6 is 0 Å². The molecular formula is C16H24N2O2. The first-order valence-corrected chi connectivity index (χ1v) is 7.39. The van der Waals surface area contributed by atoms with Crippen LogP contribution in [0.4, 0.5) is 5.69 Å². The average Bonchev–Trinajstić information content (AvgIpc) is 2.44. The predicted octanol–water partition coefficient (Wildman–Crippen LogP) is 2.81. The van der Waals surface area contributed by atoms with Crippen LogP contribution in [0.3, 0.4) is 0 Å². The maximum atomic E-state index is 12.7. The van der Waals surface area contributed by atoms with Crippen LogP contribution < -0.4 is 10.6 Å². The van der Waals surface area contributed by atoms with Crippen molar-refractivity contribution in [3.8, 4) is 5.75 Å². The quantitative estimate of drug-likeness (QED) is 0.792. The summed E-state index contributed by atoms with van der Waals surface area (Å²) in [7, 11) is 0. The van der Waals surface area contributed by atoms with Gasteiger partial charge in [0, 0.05) is 11.8 Å². The molecule has 2 rings (SSSR count). The molecular weight excluding hydrogens is 252 g/mol. The van der Waals surface area contributed by atoms with Crippen molar-refractivity contribution in [2.75, 3.05) is 18.4 Å². The van der Waals surface area contributed by atoms with Gasteiger partial charge in [-0.25, -0.2) is 0 Å². The molecule has 1 aromatic carbocycles. The maximum Gasteiger partial charge on any atom is 0.230 e. The molecule has 110 valence electrons. The Hall–Kier alpha value is -1.55. The molecule has 20 heavy (non-hydrogen) atoms. The lowest BCUT2D eigenvalue weighted by atomic mass is 9.74. The minimum Gasteiger partial charge on any atom is -0.508 e. The predicted molar refractivity (Wildman–Crippen MR) is 80.9 cm³/mol. The summed E-state index contributed by atoms with van der Waals surface area (Å²) in [5.41, 5.74) is 1.22. The van der Waals surface area contributed by atoms with E-state index in [1.54, 1.807) is 6.07 Å². The molecule has 3 N–H and O–H groups in total. The second kappa shape index (κ2) is 6.27. The first-order valence-electron chi connectivity index (χ1n) is 7.39. The Balaban J connectivity index is 2.13. The number of phenols is 1. The number of nitrogens with one attached hydrogen (secondary N) is 2. The summed E-state index contributed by atoms with van der Waals surface area (Å²) in [4.78, 5) is 12.7. The Labute approximate surface area is 120 Å². The number of hydrogen-bond donors (Lipinski definition) is 3. The number of rotatable bonds is 4. The Kier molecular flexibility index (Phi) is 4.65. The molecule has 0 aromatic heterocycles. The molecule has 0 spiro atoms. The van der Waals surface area contributed by atoms with E-state index >= 15 is 0 Å². The molecule has 1 fully saturated rings. The van der Waals surface area contributed by atoms with Crippen LogP contribution in [0, 0.1) is 12.3 Å². The summed E-state index contributed by atoms with van der Waals surface area (Å²) >= 11 is 0. The van der Waals surface area contributed by atoms with Crippen molar-refractivity contribution in [2.45, 2.75) is 39.5 Å². The Morgan fingerprint density at radius 2 is 2.10 bits per heavy atom. The molecule has 1 saturated heterocycles. The molecule has 1 heterocycles. The highest BCUT2D eigenvalue weighted by atomic mass is 16.3. The second-order valence-electron chi connectivity index (χ2n) is 5.74. The van der Waals surface area contributed by atoms with Crippen molar-refractivity contribution in [1.29, 1.82) is 0 Å². The lowest BCUT2D eigenvalue weighted by Gasteiger charge is -2.36. The third kappa shape index (κ3) is 3.12. The topological polar surface area (TPSA) is 61.4 Å². The van der Waals surface area contributed by atoms with Crippen LogP contribution in [0.1, 0.15) is 38.2 Å². The van der Waals surface area contributed by atoms with Gasteiger partial charge in [-0.05, 0) is 50.9 Å². The number of aryl methyl sites for hydroxylation is 1. The van der Waals surface area contributed by atoms with E-state index < -0.39 is 0 Å². The van der Waals surface area contributed by atoms with E-state index in [1.165, 1.54) is 0 Å². The summed E-state index contributed by atoms with van der Waals surface area (Å²) in [6.07, 6.45) is 3.68. The van der Waals surface area contributed by atoms with E-state index in [4.69, 9.17) is 0 Å². The van der Waals surface area contributed by atoms with Gasteiger partial charge in [0.1, 0.15) is 5.75 Å². The third-order valence-corrected chi connectivity index (χ3v) is 4.24. The van der Waals surface area contributed by atoms with E-state index in [0.717, 1.165) is 44.3 Å². The number of carbonyl (C=O) groups excluding carboxylic acids is 1. The number of amides is 1. The van der Waals surface area contributed by atoms with Gasteiger partial charge in [0.15, 0.2) is 0 Å². The lowest BCUT2D eigenvalue weighted by molar-refractivity contribution is -0.127. The van der Waals surface area contributed by atoms with Gasteiger partial charge in [0.2, 0.25) is 5.91 Å². The Morgan fingerprint density at radius 3 is 2.70 bits per heavy atom. The molecule has 4 nitrogen and oxygen atoms in total. The fraction of sp³-hybridized carbons (Fsp3) is 0.562. The first kappa shape index (κ1) is 14.9. The van der Waals surface area contributed by atoms with Crippen molar-refractivity contribution in [3.63, 3.8) is 0 Å². The molecule has 1 amide bonds. The summed E-state index contributed by atoms with van der Waals surface area (Å²) in [6.45, 7) is 5.75. The van der Waals surface area contributed by atoms with Gasteiger partial charge >= 0.3 is 0 Å². The van der Waals surface area contributed by atoms with Gasteiger partial charge in [-0.3, -0.25) is 4.79 Å². The zero-order chi connectivity index (χ0) is 14.6. The van der Waals surface area contributed by atoms with Crippen LogP contribution in [-0.4, -0.2) is 24.1 Å². The van der Waals surface area contributed by atoms with Gasteiger partial charge in [-0.1, -0.05) is 19.4 Å². The van der Waals surface area contributed by atoms with Gasteiger partial charge in [-0.2, -0.15) is 0 Å². The van der Waals surface area contributed by atoms with E-state index in [-0.39, 0.29) is 17.1 Å². The third-order valence-electron chi connectivity index (χ3n) is 4.24. The minimum absolute atomic E-state index is 0.0871. The molecule has 0 saturated carbocycles. The van der Waals surface area contributed by atoms with Gasteiger partial charge in [-0.15, -0.1) is 0 Å². The van der Waals surface area contributed by atoms with Crippen molar-refractivity contribution < 1.29 is 9.90 Å². The highest BCUT2D eigenvalue weighted by molar-refractivity contribution is 5.95. The number of phenolic OH excluding ortho intramolecular Hbond substituents is 1. The van der Waals surface area contributed by atoms with Crippen LogP contribution in [-0.2, 0) is 4.79 Å². The standard InChI is InChI=1S/C16H24N2O2/c1-3-6-16(7-9-17-10-8-16)15(20)18-13-5-4-12(2)14(19)11-13/h4-5,11,17,19H,3,6-10H2,1-2H3,(H,18,20). The smallest absolute Gasteiger partial charge is 0.230 e. The summed E-state index contributed by atoms with van der Waals surface area (Å²) in [5.74, 6) is 0.307. The van der Waals surface area contributed by atoms with Crippen molar-refractivity contribution in [2.24, 2.45) is 5.41 Å². The number of carbonyl (C=O) groups is 1. The largest absolute Gasteiger partial charge is 0.508 e. The summed E-state index contributed by atoms with van der Waals surface area (Å²) < 4.78 is 0. The molecule has 1 aromatic rings. The number of benzene rings is 1. The average molecular weight is 276 g/mol. The van der Waals surface area contributed by atoms with Gasteiger partial charge < -0.3 is 15.7 Å². The molecule has 0 radical (unpaired) electrons. The molecule has 0 bridgehead atoms. The number of hydrogen-bond acceptors (Lipinski definition) is 3. The molecule has 0 unspecified atom stereocenters. The van der Waals surface area contributed by atoms with E-state index in [9.17, 15) is 9.90 Å². The van der Waals surface area contributed by atoms with Crippen molar-refractivity contribution in [1.82, 2.24) is 5.32 Å². The molecule has 4 heteroatoms. The summed E-state index contributed by atoms with van der Waals surface area (Å²) in [5, 5.41) is 16.0. The fourth-order valence-electron chi connectivity index (χ4n) is 2.93. The Bertz CT molecular complexity index is 474. The zero-order valence-electron chi connectivity index (χ0n) is 12.3. The SMILES string of the molecule is CCCC1(C(=O)Nc2ccc(C)c(O)c2)CCNCC1. The first-order chi connectivity index (χ1) is 9.57. The summed E-state index contributed by atoms with van der Waals surface area (Å²) in [6, 6.07) is 5.28. The lowest BCUT2D eigenvalue weighted by Crippen LogP contribution is -2.44. The van der Waals surface area contributed by atoms with Crippen molar-refractivity contribution >= 4 is 11.6 Å². The number of anilines is 1. The molecule has 0 atom stereocenters. The molecule has 1 aliphatic rings. The highest BCUT2D eigenvalue weighted by Crippen LogP contribution is 2.35. The Morgan fingerprint density at radius 1 is 1.40 bits per heavy atom. The monoisotopic (exact) mass is 276 g/mol. The van der Waals surface area contributed by atoms with E-state index in [1.807, 2.05) is 19.1 Å². The van der Waals surface area contributed by atoms with E-state index in [0.29, 0.717) is 5.69 Å². The zero-order valence-corrected chi connectivity index (χ0v) is 12.3. The second-order valence-corrected chi connectivity index (χ2v) is 5.74. The molecule has 0 aliphatic carbocycles. The maximum absolute atomic E-state index is 12.7. The normalized spacial score (nSPS) is 17.7. The fourth-order valence-corrected chi connectivity index (χ4v) is 2.93. The van der Waals surface area contributed by atoms with Crippen LogP contribution in [0.15, 0.2) is 18.2 Å². The van der Waals surface area contributed by atoms with Crippen LogP contribution in [0.25, 0.3) is 0 Å². The molecule has 1 aliphatic heterocycles. The van der Waals surface area contributed by atoms with Crippen LogP contribution in [0.2, 0.25) is 0 Å². The van der Waals surface area contributed by atoms with Gasteiger partial charge in [0.05, 0.1) is 5.41 Å². The van der Waals surface area contributed by atoms with Gasteiger partial charge in [0.25, 0.3) is 0 Å². The minimum atomic E-state index is -0.263.